The first-order valence-corrected chi connectivity index (χ1v) is 8.19. The van der Waals surface area contributed by atoms with Crippen LogP contribution >= 0.6 is 0 Å². The van der Waals surface area contributed by atoms with Gasteiger partial charge in [0.2, 0.25) is 10.0 Å². The number of primary sulfonamides is 1. The van der Waals surface area contributed by atoms with Crippen LogP contribution in [0.5, 0.6) is 11.5 Å². The largest absolute Gasteiger partial charge is 0.493 e. The van der Waals surface area contributed by atoms with E-state index in [1.54, 1.807) is 18.2 Å². The maximum Gasteiger partial charge on any atom is 0.209 e. The quantitative estimate of drug-likeness (QED) is 0.822. The second-order valence-corrected chi connectivity index (χ2v) is 6.78. The molecule has 1 aromatic rings. The predicted molar refractivity (Wildman–Crippen MR) is 79.5 cm³/mol. The fraction of sp³-hybridized carbons (Fsp3) is 0.500. The molecule has 0 amide bonds. The molecule has 6 nitrogen and oxygen atoms in total. The molecule has 0 bridgehead atoms. The first-order valence-electron chi connectivity index (χ1n) is 6.48. The highest BCUT2D eigenvalue weighted by atomic mass is 32.2. The Hall–Kier alpha value is -1.78. The Morgan fingerprint density at radius 2 is 2.00 bits per heavy atom. The molecule has 2 N–H and O–H groups in total. The average molecular weight is 312 g/mol. The summed E-state index contributed by atoms with van der Waals surface area (Å²) < 4.78 is 33.3. The minimum absolute atomic E-state index is 0.104. The third kappa shape index (κ3) is 5.61. The summed E-state index contributed by atoms with van der Waals surface area (Å²) in [6, 6.07) is 6.82. The zero-order chi connectivity index (χ0) is 16.0. The summed E-state index contributed by atoms with van der Waals surface area (Å²) in [5, 5.41) is 13.9. The van der Waals surface area contributed by atoms with Gasteiger partial charge in [0, 0.05) is 12.0 Å². The van der Waals surface area contributed by atoms with Gasteiger partial charge >= 0.3 is 0 Å². The summed E-state index contributed by atoms with van der Waals surface area (Å²) in [5.74, 6) is 0.653. The van der Waals surface area contributed by atoms with Crippen LogP contribution in [-0.2, 0) is 10.0 Å². The number of hydrogen-bond donors (Lipinski definition) is 1. The minimum Gasteiger partial charge on any atom is -0.493 e. The molecule has 21 heavy (non-hydrogen) atoms. The third-order valence-corrected chi connectivity index (χ3v) is 4.03. The predicted octanol–water partition coefficient (Wildman–Crippen LogP) is 1.51. The van der Waals surface area contributed by atoms with Gasteiger partial charge in [-0.05, 0) is 18.1 Å². The van der Waals surface area contributed by atoms with Crippen molar-refractivity contribution in [1.29, 1.82) is 5.26 Å². The van der Waals surface area contributed by atoms with E-state index >= 15 is 0 Å². The van der Waals surface area contributed by atoms with Crippen LogP contribution in [0, 0.1) is 23.2 Å². The van der Waals surface area contributed by atoms with Crippen LogP contribution in [0.3, 0.4) is 0 Å². The van der Waals surface area contributed by atoms with Crippen LogP contribution in [-0.4, -0.2) is 27.9 Å². The molecule has 0 saturated heterocycles. The van der Waals surface area contributed by atoms with E-state index in [2.05, 4.69) is 0 Å². The Balaban J connectivity index is 2.83. The molecule has 0 fully saturated rings. The van der Waals surface area contributed by atoms with Crippen molar-refractivity contribution in [1.82, 2.24) is 0 Å². The number of rotatable bonds is 7. The number of ether oxygens (including phenoxy) is 2. The molecule has 0 aromatic heterocycles. The minimum atomic E-state index is -3.55. The molecule has 0 saturated carbocycles. The van der Waals surface area contributed by atoms with E-state index in [4.69, 9.17) is 19.9 Å². The second kappa shape index (κ2) is 7.29. The molecular weight excluding hydrogens is 292 g/mol. The van der Waals surface area contributed by atoms with E-state index in [1.165, 1.54) is 7.11 Å². The van der Waals surface area contributed by atoms with Gasteiger partial charge in [-0.3, -0.25) is 0 Å². The van der Waals surface area contributed by atoms with Crippen molar-refractivity contribution in [3.63, 3.8) is 0 Å². The normalized spacial score (nSPS) is 12.8. The Bertz CT molecular complexity index is 620. The summed E-state index contributed by atoms with van der Waals surface area (Å²) in [6.07, 6.45) is 0. The van der Waals surface area contributed by atoms with Gasteiger partial charge in [-0.1, -0.05) is 13.8 Å². The zero-order valence-electron chi connectivity index (χ0n) is 12.4. The highest BCUT2D eigenvalue weighted by Crippen LogP contribution is 2.28. The molecule has 116 valence electrons. The summed E-state index contributed by atoms with van der Waals surface area (Å²) in [5.41, 5.74) is 0.462. The van der Waals surface area contributed by atoms with Gasteiger partial charge in [-0.2, -0.15) is 5.26 Å². The highest BCUT2D eigenvalue weighted by Gasteiger charge is 2.21. The Kier molecular flexibility index (Phi) is 6.00. The van der Waals surface area contributed by atoms with Crippen LogP contribution in [0.15, 0.2) is 18.2 Å². The van der Waals surface area contributed by atoms with Crippen molar-refractivity contribution >= 4 is 10.0 Å². The van der Waals surface area contributed by atoms with Gasteiger partial charge in [-0.15, -0.1) is 0 Å². The molecule has 1 rings (SSSR count). The molecular formula is C14H20N2O4S. The smallest absolute Gasteiger partial charge is 0.209 e. The summed E-state index contributed by atoms with van der Waals surface area (Å²) in [4.78, 5) is 0. The molecule has 7 heteroatoms. The van der Waals surface area contributed by atoms with Gasteiger partial charge in [0.1, 0.15) is 0 Å². The van der Waals surface area contributed by atoms with Gasteiger partial charge < -0.3 is 9.47 Å². The number of hydrogen-bond acceptors (Lipinski definition) is 5. The standard InChI is InChI=1S/C14H20N2O4S/c1-10(2)12(9-21(16,17)18)8-20-13-5-4-11(7-15)6-14(13)19-3/h4-6,10,12H,8-9H2,1-3H3,(H2,16,17,18). The number of sulfonamides is 1. The van der Waals surface area contributed by atoms with E-state index in [-0.39, 0.29) is 24.2 Å². The lowest BCUT2D eigenvalue weighted by Gasteiger charge is -2.21. The molecule has 0 heterocycles. The van der Waals surface area contributed by atoms with Crippen molar-refractivity contribution in [2.45, 2.75) is 13.8 Å². The summed E-state index contributed by atoms with van der Waals surface area (Å²) >= 11 is 0. The molecule has 1 unspecified atom stereocenters. The fourth-order valence-corrected chi connectivity index (χ4v) is 2.86. The van der Waals surface area contributed by atoms with E-state index in [1.807, 2.05) is 19.9 Å². The van der Waals surface area contributed by atoms with Crippen LogP contribution in [0.25, 0.3) is 0 Å². The Morgan fingerprint density at radius 1 is 1.33 bits per heavy atom. The SMILES string of the molecule is COc1cc(C#N)ccc1OCC(CS(N)(=O)=O)C(C)C. The Morgan fingerprint density at radius 3 is 2.48 bits per heavy atom. The van der Waals surface area contributed by atoms with Crippen molar-refractivity contribution in [2.75, 3.05) is 19.5 Å². The molecule has 0 aliphatic rings. The van der Waals surface area contributed by atoms with Crippen molar-refractivity contribution in [2.24, 2.45) is 17.0 Å². The number of nitrogens with zero attached hydrogens (tertiary/aromatic N) is 1. The lowest BCUT2D eigenvalue weighted by molar-refractivity contribution is 0.217. The first kappa shape index (κ1) is 17.3. The van der Waals surface area contributed by atoms with Gasteiger partial charge in [-0.25, -0.2) is 13.6 Å². The molecule has 0 radical (unpaired) electrons. The van der Waals surface area contributed by atoms with Gasteiger partial charge in [0.15, 0.2) is 11.5 Å². The van der Waals surface area contributed by atoms with E-state index in [0.717, 1.165) is 0 Å². The van der Waals surface area contributed by atoms with Crippen LogP contribution in [0.4, 0.5) is 0 Å². The number of benzene rings is 1. The first-order chi connectivity index (χ1) is 9.76. The molecule has 1 atom stereocenters. The van der Waals surface area contributed by atoms with E-state index in [0.29, 0.717) is 17.1 Å². The van der Waals surface area contributed by atoms with Crippen LogP contribution < -0.4 is 14.6 Å². The summed E-state index contributed by atoms with van der Waals surface area (Å²) in [7, 11) is -2.07. The monoisotopic (exact) mass is 312 g/mol. The number of nitriles is 1. The Labute approximate surface area is 125 Å². The van der Waals surface area contributed by atoms with E-state index < -0.39 is 10.0 Å². The topological polar surface area (TPSA) is 102 Å². The van der Waals surface area contributed by atoms with Gasteiger partial charge in [0.05, 0.1) is 31.1 Å². The number of nitrogens with two attached hydrogens (primary N) is 1. The number of methoxy groups -OCH3 is 1. The highest BCUT2D eigenvalue weighted by molar-refractivity contribution is 7.89. The van der Waals surface area contributed by atoms with Crippen molar-refractivity contribution < 1.29 is 17.9 Å². The summed E-state index contributed by atoms with van der Waals surface area (Å²) in [6.45, 7) is 4.03. The second-order valence-electron chi connectivity index (χ2n) is 5.12. The molecule has 1 aromatic carbocycles. The zero-order valence-corrected chi connectivity index (χ0v) is 13.2. The van der Waals surface area contributed by atoms with Gasteiger partial charge in [0.25, 0.3) is 0 Å². The van der Waals surface area contributed by atoms with Crippen molar-refractivity contribution in [3.05, 3.63) is 23.8 Å². The maximum absolute atomic E-state index is 11.2. The van der Waals surface area contributed by atoms with E-state index in [9.17, 15) is 8.42 Å². The fourth-order valence-electron chi connectivity index (χ4n) is 1.78. The average Bonchev–Trinajstić information content (AvgIpc) is 2.41. The van der Waals surface area contributed by atoms with Crippen molar-refractivity contribution in [3.8, 4) is 17.6 Å². The lowest BCUT2D eigenvalue weighted by atomic mass is 9.99. The lowest BCUT2D eigenvalue weighted by Crippen LogP contribution is -2.30. The van der Waals surface area contributed by atoms with Crippen LogP contribution in [0.2, 0.25) is 0 Å². The maximum atomic E-state index is 11.2. The molecule has 0 aliphatic heterocycles. The van der Waals surface area contributed by atoms with Crippen LogP contribution in [0.1, 0.15) is 19.4 Å². The molecule has 0 aliphatic carbocycles. The third-order valence-electron chi connectivity index (χ3n) is 3.13. The molecule has 0 spiro atoms.